The number of aromatic nitrogens is 2. The predicted octanol–water partition coefficient (Wildman–Crippen LogP) is 5.78. The van der Waals surface area contributed by atoms with Crippen LogP contribution in [0.3, 0.4) is 0 Å². The number of ether oxygens (including phenoxy) is 4. The number of benzene rings is 3. The summed E-state index contributed by atoms with van der Waals surface area (Å²) in [6.45, 7) is 0.378. The van der Waals surface area contributed by atoms with Crippen molar-refractivity contribution in [3.8, 4) is 23.1 Å². The molecule has 0 N–H and O–H groups in total. The summed E-state index contributed by atoms with van der Waals surface area (Å²) in [6.07, 6.45) is 4.34. The van der Waals surface area contributed by atoms with E-state index in [0.29, 0.717) is 34.7 Å². The van der Waals surface area contributed by atoms with E-state index >= 15 is 0 Å². The molecule has 0 spiro atoms. The molecule has 1 fully saturated rings. The standard InChI is InChI=1S/C28H27FN2O5/c1-33-22-12-13-24-23(16-22)27(30-31(24)17-18-7-10-20(29)11-8-18)36-28(32)19-9-14-25(34-2)26(15-19)35-21-5-3-4-6-21/h7-16,21H,3-6,17H2,1-2H3. The van der Waals surface area contributed by atoms with E-state index in [1.807, 2.05) is 12.1 Å². The molecule has 0 unspecified atom stereocenters. The Balaban J connectivity index is 1.44. The predicted molar refractivity (Wildman–Crippen MR) is 133 cm³/mol. The first-order valence-electron chi connectivity index (χ1n) is 11.9. The molecule has 0 radical (unpaired) electrons. The number of fused-ring (bicyclic) bond motifs is 1. The molecule has 1 saturated carbocycles. The molecule has 1 heterocycles. The lowest BCUT2D eigenvalue weighted by atomic mass is 10.2. The molecule has 8 heteroatoms. The summed E-state index contributed by atoms with van der Waals surface area (Å²) in [7, 11) is 3.14. The van der Waals surface area contributed by atoms with E-state index in [0.717, 1.165) is 36.8 Å². The quantitative estimate of drug-likeness (QED) is 0.292. The minimum atomic E-state index is -0.565. The van der Waals surface area contributed by atoms with Crippen molar-refractivity contribution in [1.29, 1.82) is 0 Å². The van der Waals surface area contributed by atoms with E-state index in [1.165, 1.54) is 12.1 Å². The molecule has 3 aromatic carbocycles. The van der Waals surface area contributed by atoms with E-state index in [9.17, 15) is 9.18 Å². The first kappa shape index (κ1) is 23.7. The van der Waals surface area contributed by atoms with E-state index in [4.69, 9.17) is 18.9 Å². The van der Waals surface area contributed by atoms with Crippen molar-refractivity contribution >= 4 is 16.9 Å². The number of carbonyl (C=O) groups is 1. The molecule has 1 aliphatic carbocycles. The molecule has 36 heavy (non-hydrogen) atoms. The van der Waals surface area contributed by atoms with Crippen LogP contribution in [0.2, 0.25) is 0 Å². The Morgan fingerprint density at radius 3 is 2.47 bits per heavy atom. The van der Waals surface area contributed by atoms with Crippen molar-refractivity contribution in [2.45, 2.75) is 38.3 Å². The maximum absolute atomic E-state index is 13.3. The van der Waals surface area contributed by atoms with Gasteiger partial charge in [0.2, 0.25) is 5.88 Å². The van der Waals surface area contributed by atoms with Gasteiger partial charge in [0.05, 0.1) is 43.3 Å². The van der Waals surface area contributed by atoms with Crippen LogP contribution in [0.4, 0.5) is 4.39 Å². The van der Waals surface area contributed by atoms with Crippen molar-refractivity contribution in [3.05, 3.63) is 77.6 Å². The first-order valence-corrected chi connectivity index (χ1v) is 11.9. The summed E-state index contributed by atoms with van der Waals surface area (Å²) in [4.78, 5) is 13.2. The van der Waals surface area contributed by atoms with Gasteiger partial charge in [-0.15, -0.1) is 5.10 Å². The third-order valence-electron chi connectivity index (χ3n) is 6.35. The van der Waals surface area contributed by atoms with Crippen LogP contribution in [0.1, 0.15) is 41.6 Å². The molecule has 0 aliphatic heterocycles. The summed E-state index contributed by atoms with van der Waals surface area (Å²) >= 11 is 0. The Bertz CT molecular complexity index is 1380. The van der Waals surface area contributed by atoms with Gasteiger partial charge in [0.15, 0.2) is 11.5 Å². The lowest BCUT2D eigenvalue weighted by Gasteiger charge is -2.16. The number of methoxy groups -OCH3 is 2. The highest BCUT2D eigenvalue weighted by Gasteiger charge is 2.22. The lowest BCUT2D eigenvalue weighted by Crippen LogP contribution is -2.14. The van der Waals surface area contributed by atoms with Gasteiger partial charge in [-0.25, -0.2) is 9.18 Å². The molecular formula is C28H27FN2O5. The van der Waals surface area contributed by atoms with Crippen LogP contribution in [0.5, 0.6) is 23.1 Å². The van der Waals surface area contributed by atoms with Crippen LogP contribution in [0, 0.1) is 5.82 Å². The summed E-state index contributed by atoms with van der Waals surface area (Å²) in [5, 5.41) is 5.18. The maximum Gasteiger partial charge on any atom is 0.345 e. The molecule has 1 aliphatic rings. The fourth-order valence-electron chi connectivity index (χ4n) is 4.44. The number of carbonyl (C=O) groups excluding carboxylic acids is 1. The number of hydrogen-bond acceptors (Lipinski definition) is 6. The second-order valence-corrected chi connectivity index (χ2v) is 8.75. The van der Waals surface area contributed by atoms with Crippen molar-refractivity contribution in [2.75, 3.05) is 14.2 Å². The van der Waals surface area contributed by atoms with Gasteiger partial charge in [-0.1, -0.05) is 12.1 Å². The summed E-state index contributed by atoms with van der Waals surface area (Å²) < 4.78 is 37.7. The zero-order chi connectivity index (χ0) is 25.1. The molecule has 4 aromatic rings. The average molecular weight is 491 g/mol. The highest BCUT2D eigenvalue weighted by molar-refractivity contribution is 5.95. The number of esters is 1. The molecule has 1 aromatic heterocycles. The monoisotopic (exact) mass is 490 g/mol. The van der Waals surface area contributed by atoms with Gasteiger partial charge < -0.3 is 18.9 Å². The van der Waals surface area contributed by atoms with Crippen LogP contribution in [0.25, 0.3) is 10.9 Å². The number of rotatable bonds is 8. The fourth-order valence-corrected chi connectivity index (χ4v) is 4.44. The smallest absolute Gasteiger partial charge is 0.345 e. The molecule has 0 saturated heterocycles. The second kappa shape index (κ2) is 10.3. The van der Waals surface area contributed by atoms with Crippen LogP contribution >= 0.6 is 0 Å². The molecular weight excluding hydrogens is 463 g/mol. The number of nitrogens with zero attached hydrogens (tertiary/aromatic N) is 2. The van der Waals surface area contributed by atoms with Crippen molar-refractivity contribution < 1.29 is 28.1 Å². The third-order valence-corrected chi connectivity index (χ3v) is 6.35. The van der Waals surface area contributed by atoms with Crippen molar-refractivity contribution in [1.82, 2.24) is 9.78 Å². The highest BCUT2D eigenvalue weighted by atomic mass is 19.1. The molecule has 0 bridgehead atoms. The topological polar surface area (TPSA) is 71.8 Å². The van der Waals surface area contributed by atoms with E-state index in [2.05, 4.69) is 5.10 Å². The van der Waals surface area contributed by atoms with Crippen molar-refractivity contribution in [3.63, 3.8) is 0 Å². The SMILES string of the molecule is COc1ccc2c(c1)c(OC(=O)c1ccc(OC)c(OC3CCCC3)c1)nn2Cc1ccc(F)cc1. The summed E-state index contributed by atoms with van der Waals surface area (Å²) in [5.41, 5.74) is 1.94. The van der Waals surface area contributed by atoms with Gasteiger partial charge in [-0.2, -0.15) is 0 Å². The molecule has 7 nitrogen and oxygen atoms in total. The highest BCUT2D eigenvalue weighted by Crippen LogP contribution is 2.34. The Morgan fingerprint density at radius 1 is 0.972 bits per heavy atom. The fraction of sp³-hybridized carbons (Fsp3) is 0.286. The zero-order valence-corrected chi connectivity index (χ0v) is 20.2. The van der Waals surface area contributed by atoms with Crippen LogP contribution < -0.4 is 18.9 Å². The summed E-state index contributed by atoms with van der Waals surface area (Å²) in [5.74, 6) is 0.983. The van der Waals surface area contributed by atoms with Gasteiger partial charge in [0, 0.05) is 0 Å². The maximum atomic E-state index is 13.3. The second-order valence-electron chi connectivity index (χ2n) is 8.75. The van der Waals surface area contributed by atoms with Gasteiger partial charge >= 0.3 is 5.97 Å². The molecule has 5 rings (SSSR count). The Hall–Kier alpha value is -4.07. The normalized spacial score (nSPS) is 13.6. The van der Waals surface area contributed by atoms with Crippen LogP contribution in [0.15, 0.2) is 60.7 Å². The van der Waals surface area contributed by atoms with E-state index in [1.54, 1.807) is 55.3 Å². The van der Waals surface area contributed by atoms with Gasteiger partial charge in [0.25, 0.3) is 0 Å². The van der Waals surface area contributed by atoms with E-state index in [-0.39, 0.29) is 17.8 Å². The first-order chi connectivity index (χ1) is 17.5. The number of halogens is 1. The minimum Gasteiger partial charge on any atom is -0.497 e. The van der Waals surface area contributed by atoms with Gasteiger partial charge in [0.1, 0.15) is 11.6 Å². The third kappa shape index (κ3) is 4.98. The Labute approximate surface area is 208 Å². The van der Waals surface area contributed by atoms with Gasteiger partial charge in [-0.3, -0.25) is 4.68 Å². The van der Waals surface area contributed by atoms with Crippen molar-refractivity contribution in [2.24, 2.45) is 0 Å². The van der Waals surface area contributed by atoms with Crippen LogP contribution in [-0.4, -0.2) is 36.1 Å². The Kier molecular flexibility index (Phi) is 6.75. The lowest BCUT2D eigenvalue weighted by molar-refractivity contribution is 0.0727. The largest absolute Gasteiger partial charge is 0.497 e. The molecule has 186 valence electrons. The van der Waals surface area contributed by atoms with E-state index < -0.39 is 5.97 Å². The molecule has 0 atom stereocenters. The molecule has 0 amide bonds. The van der Waals surface area contributed by atoms with Gasteiger partial charge in [-0.05, 0) is 79.8 Å². The Morgan fingerprint density at radius 2 is 1.75 bits per heavy atom. The zero-order valence-electron chi connectivity index (χ0n) is 20.2. The number of hydrogen-bond donors (Lipinski definition) is 0. The minimum absolute atomic E-state index is 0.115. The average Bonchev–Trinajstić information content (AvgIpc) is 3.53. The van der Waals surface area contributed by atoms with Crippen LogP contribution in [-0.2, 0) is 6.54 Å². The summed E-state index contributed by atoms with van der Waals surface area (Å²) in [6, 6.07) is 16.6.